The van der Waals surface area contributed by atoms with Gasteiger partial charge < -0.3 is 9.84 Å². The Morgan fingerprint density at radius 2 is 2.29 bits per heavy atom. The molecule has 2 unspecified atom stereocenters. The fourth-order valence-corrected chi connectivity index (χ4v) is 2.11. The molecule has 5 nitrogen and oxygen atoms in total. The zero-order valence-corrected chi connectivity index (χ0v) is 9.76. The summed E-state index contributed by atoms with van der Waals surface area (Å²) in [5, 5.41) is 20.8. The van der Waals surface area contributed by atoms with Crippen LogP contribution in [0.1, 0.15) is 24.5 Å². The van der Waals surface area contributed by atoms with Crippen molar-refractivity contribution in [2.75, 3.05) is 6.61 Å². The minimum absolute atomic E-state index is 0.0587. The third-order valence-electron chi connectivity index (χ3n) is 2.79. The lowest BCUT2D eigenvalue weighted by atomic mass is 9.98. The third kappa shape index (κ3) is 2.74. The molecule has 1 aliphatic rings. The van der Waals surface area contributed by atoms with E-state index in [0.717, 1.165) is 0 Å². The first kappa shape index (κ1) is 12.3. The maximum Gasteiger partial charge on any atom is 0.276 e. The van der Waals surface area contributed by atoms with E-state index >= 15 is 0 Å². The number of rotatable bonds is 2. The summed E-state index contributed by atoms with van der Waals surface area (Å²) >= 11 is 5.73. The summed E-state index contributed by atoms with van der Waals surface area (Å²) in [6.45, 7) is 0.408. The smallest absolute Gasteiger partial charge is 0.276 e. The fraction of sp³-hybridized carbons (Fsp3) is 0.455. The number of aliphatic hydroxyl groups is 1. The lowest BCUT2D eigenvalue weighted by molar-refractivity contribution is -0.386. The number of nitro groups is 1. The Kier molecular flexibility index (Phi) is 3.61. The summed E-state index contributed by atoms with van der Waals surface area (Å²) in [6, 6.07) is 4.48. The molecule has 0 aromatic heterocycles. The minimum atomic E-state index is -0.481. The van der Waals surface area contributed by atoms with Crippen LogP contribution in [0.2, 0.25) is 5.02 Å². The van der Waals surface area contributed by atoms with Gasteiger partial charge in [-0.2, -0.15) is 0 Å². The van der Waals surface area contributed by atoms with Crippen LogP contribution < -0.4 is 0 Å². The lowest BCUT2D eigenvalue weighted by Crippen LogP contribution is -2.23. The minimum Gasteiger partial charge on any atom is -0.393 e. The standard InChI is InChI=1S/C11H12ClNO4/c12-7-1-2-9(10(5-7)13(15)16)11-6-8(14)3-4-17-11/h1-2,5,8,11,14H,3-4,6H2. The molecule has 0 aliphatic carbocycles. The largest absolute Gasteiger partial charge is 0.393 e. The van der Waals surface area contributed by atoms with Gasteiger partial charge in [-0.25, -0.2) is 0 Å². The van der Waals surface area contributed by atoms with Gasteiger partial charge in [0.25, 0.3) is 5.69 Å². The van der Waals surface area contributed by atoms with Crippen LogP contribution in [-0.2, 0) is 4.74 Å². The van der Waals surface area contributed by atoms with Crippen molar-refractivity contribution in [3.05, 3.63) is 38.9 Å². The van der Waals surface area contributed by atoms with Gasteiger partial charge in [0.15, 0.2) is 0 Å². The highest BCUT2D eigenvalue weighted by Gasteiger charge is 2.28. The Bertz CT molecular complexity index is 437. The van der Waals surface area contributed by atoms with E-state index in [-0.39, 0.29) is 5.69 Å². The van der Waals surface area contributed by atoms with Crippen molar-refractivity contribution in [3.63, 3.8) is 0 Å². The Balaban J connectivity index is 2.33. The van der Waals surface area contributed by atoms with Gasteiger partial charge in [0.05, 0.1) is 22.7 Å². The number of hydrogen-bond acceptors (Lipinski definition) is 4. The van der Waals surface area contributed by atoms with Gasteiger partial charge in [-0.05, 0) is 18.6 Å². The molecule has 1 saturated heterocycles. The molecule has 0 radical (unpaired) electrons. The second-order valence-corrected chi connectivity index (χ2v) is 4.43. The molecule has 6 heteroatoms. The molecule has 0 bridgehead atoms. The molecular weight excluding hydrogens is 246 g/mol. The van der Waals surface area contributed by atoms with Crippen molar-refractivity contribution < 1.29 is 14.8 Å². The zero-order valence-electron chi connectivity index (χ0n) is 9.01. The van der Waals surface area contributed by atoms with Gasteiger partial charge in [-0.3, -0.25) is 10.1 Å². The first-order valence-corrected chi connectivity index (χ1v) is 5.69. The average Bonchev–Trinajstić information content (AvgIpc) is 2.28. The topological polar surface area (TPSA) is 72.6 Å². The number of nitro benzene ring substituents is 1. The highest BCUT2D eigenvalue weighted by molar-refractivity contribution is 6.30. The van der Waals surface area contributed by atoms with Gasteiger partial charge in [0.2, 0.25) is 0 Å². The van der Waals surface area contributed by atoms with Gasteiger partial charge in [-0.15, -0.1) is 0 Å². The van der Waals surface area contributed by atoms with Crippen LogP contribution in [0, 0.1) is 10.1 Å². The van der Waals surface area contributed by atoms with Crippen molar-refractivity contribution in [2.24, 2.45) is 0 Å². The van der Waals surface area contributed by atoms with Gasteiger partial charge in [0, 0.05) is 24.1 Å². The van der Waals surface area contributed by atoms with E-state index < -0.39 is 17.1 Å². The molecule has 1 N–H and O–H groups in total. The summed E-state index contributed by atoms with van der Waals surface area (Å²) in [5.41, 5.74) is 0.412. The Morgan fingerprint density at radius 3 is 2.94 bits per heavy atom. The van der Waals surface area contributed by atoms with Crippen LogP contribution >= 0.6 is 11.6 Å². The summed E-state index contributed by atoms with van der Waals surface area (Å²) in [4.78, 5) is 10.4. The van der Waals surface area contributed by atoms with Crippen molar-refractivity contribution in [2.45, 2.75) is 25.0 Å². The molecule has 17 heavy (non-hydrogen) atoms. The molecule has 1 aliphatic heterocycles. The SMILES string of the molecule is O=[N+]([O-])c1cc(Cl)ccc1C1CC(O)CCO1. The molecule has 1 aromatic rings. The zero-order chi connectivity index (χ0) is 12.4. The number of halogens is 1. The van der Waals surface area contributed by atoms with E-state index in [9.17, 15) is 15.2 Å². The van der Waals surface area contributed by atoms with Crippen molar-refractivity contribution in [3.8, 4) is 0 Å². The maximum atomic E-state index is 10.9. The van der Waals surface area contributed by atoms with E-state index in [4.69, 9.17) is 16.3 Å². The molecule has 1 aromatic carbocycles. The van der Waals surface area contributed by atoms with Gasteiger partial charge >= 0.3 is 0 Å². The van der Waals surface area contributed by atoms with Crippen LogP contribution in [0.3, 0.4) is 0 Å². The van der Waals surface area contributed by atoms with Crippen LogP contribution in [0.5, 0.6) is 0 Å². The molecular formula is C11H12ClNO4. The van der Waals surface area contributed by atoms with E-state index in [1.54, 1.807) is 12.1 Å². The quantitative estimate of drug-likeness (QED) is 0.652. The first-order chi connectivity index (χ1) is 8.08. The van der Waals surface area contributed by atoms with E-state index in [1.165, 1.54) is 6.07 Å². The second kappa shape index (κ2) is 5.00. The molecule has 0 saturated carbocycles. The number of aliphatic hydroxyl groups excluding tert-OH is 1. The van der Waals surface area contributed by atoms with Crippen molar-refractivity contribution in [1.29, 1.82) is 0 Å². The number of hydrogen-bond donors (Lipinski definition) is 1. The molecule has 0 amide bonds. The molecule has 1 heterocycles. The Morgan fingerprint density at radius 1 is 1.53 bits per heavy atom. The average molecular weight is 258 g/mol. The Hall–Kier alpha value is -1.17. The lowest BCUT2D eigenvalue weighted by Gasteiger charge is -2.26. The first-order valence-electron chi connectivity index (χ1n) is 5.31. The monoisotopic (exact) mass is 257 g/mol. The number of benzene rings is 1. The summed E-state index contributed by atoms with van der Waals surface area (Å²) in [5.74, 6) is 0. The van der Waals surface area contributed by atoms with E-state index in [0.29, 0.717) is 30.0 Å². The molecule has 2 rings (SSSR count). The molecule has 92 valence electrons. The highest BCUT2D eigenvalue weighted by Crippen LogP contribution is 2.35. The molecule has 1 fully saturated rings. The van der Waals surface area contributed by atoms with E-state index in [2.05, 4.69) is 0 Å². The highest BCUT2D eigenvalue weighted by atomic mass is 35.5. The second-order valence-electron chi connectivity index (χ2n) is 4.00. The van der Waals surface area contributed by atoms with E-state index in [1.807, 2.05) is 0 Å². The predicted molar refractivity (Wildman–Crippen MR) is 62.0 cm³/mol. The number of ether oxygens (including phenoxy) is 1. The number of nitrogens with zero attached hydrogens (tertiary/aromatic N) is 1. The summed E-state index contributed by atoms with van der Waals surface area (Å²) in [7, 11) is 0. The van der Waals surface area contributed by atoms with Crippen molar-refractivity contribution in [1.82, 2.24) is 0 Å². The van der Waals surface area contributed by atoms with Crippen LogP contribution in [0.25, 0.3) is 0 Å². The van der Waals surface area contributed by atoms with Gasteiger partial charge in [0.1, 0.15) is 0 Å². The maximum absolute atomic E-state index is 10.9. The van der Waals surface area contributed by atoms with Crippen LogP contribution in [0.4, 0.5) is 5.69 Å². The Labute approximate surface area is 103 Å². The predicted octanol–water partition coefficient (Wildman–Crippen LogP) is 2.46. The summed E-state index contributed by atoms with van der Waals surface area (Å²) < 4.78 is 5.46. The third-order valence-corrected chi connectivity index (χ3v) is 3.03. The summed E-state index contributed by atoms with van der Waals surface area (Å²) in [6.07, 6.45) is 0.0424. The molecule has 2 atom stereocenters. The van der Waals surface area contributed by atoms with Crippen LogP contribution in [0.15, 0.2) is 18.2 Å². The van der Waals surface area contributed by atoms with Crippen molar-refractivity contribution >= 4 is 17.3 Å². The van der Waals surface area contributed by atoms with Crippen LogP contribution in [-0.4, -0.2) is 22.7 Å². The fourth-order valence-electron chi connectivity index (χ4n) is 1.94. The van der Waals surface area contributed by atoms with Gasteiger partial charge in [-0.1, -0.05) is 11.6 Å². The normalized spacial score (nSPS) is 24.6. The molecule has 0 spiro atoms.